The number of hydrogen-bond donors (Lipinski definition) is 4. The first-order valence-corrected chi connectivity index (χ1v) is 3.59. The van der Waals surface area contributed by atoms with Crippen LogP contribution in [0.1, 0.15) is 10.5 Å². The highest BCUT2D eigenvalue weighted by Gasteiger charge is 2.10. The third-order valence-corrected chi connectivity index (χ3v) is 1.22. The zero-order valence-corrected chi connectivity index (χ0v) is 7.20. The summed E-state index contributed by atoms with van der Waals surface area (Å²) in [5, 5.41) is 0. The monoisotopic (exact) mass is 214 g/mol. The molecule has 80 valence electrons. The second-order valence-electron chi connectivity index (χ2n) is 2.36. The summed E-state index contributed by atoms with van der Waals surface area (Å²) in [5.74, 6) is -1.11. The minimum absolute atomic E-state index is 0.405. The number of primary amides is 1. The summed E-state index contributed by atoms with van der Waals surface area (Å²) >= 11 is 0. The molecule has 1 aromatic heterocycles. The minimum Gasteiger partial charge on any atom is -0.349 e. The number of amides is 2. The number of hydroxylamine groups is 1. The van der Waals surface area contributed by atoms with Gasteiger partial charge >= 0.3 is 17.7 Å². The van der Waals surface area contributed by atoms with Gasteiger partial charge in [0.05, 0.1) is 0 Å². The Hall–Kier alpha value is -2.58. The molecule has 0 saturated carbocycles. The number of carbonyl (C=O) groups is 2. The number of aromatic amines is 2. The van der Waals surface area contributed by atoms with Crippen molar-refractivity contribution in [2.24, 2.45) is 5.73 Å². The van der Waals surface area contributed by atoms with Crippen molar-refractivity contribution in [1.29, 1.82) is 0 Å². The van der Waals surface area contributed by atoms with E-state index in [4.69, 9.17) is 0 Å². The van der Waals surface area contributed by atoms with Gasteiger partial charge in [0, 0.05) is 6.07 Å². The highest BCUT2D eigenvalue weighted by molar-refractivity contribution is 5.87. The number of rotatable bonds is 1. The van der Waals surface area contributed by atoms with Crippen LogP contribution >= 0.6 is 0 Å². The van der Waals surface area contributed by atoms with Crippen LogP contribution in [-0.4, -0.2) is 22.0 Å². The second-order valence-corrected chi connectivity index (χ2v) is 2.36. The molecule has 9 heteroatoms. The first-order valence-electron chi connectivity index (χ1n) is 3.59. The van der Waals surface area contributed by atoms with Crippen LogP contribution in [0.5, 0.6) is 0 Å². The van der Waals surface area contributed by atoms with Gasteiger partial charge < -0.3 is 15.6 Å². The van der Waals surface area contributed by atoms with E-state index in [1.807, 2.05) is 9.97 Å². The lowest BCUT2D eigenvalue weighted by Gasteiger charge is -2.01. The third-order valence-electron chi connectivity index (χ3n) is 1.22. The molecule has 1 rings (SSSR count). The van der Waals surface area contributed by atoms with Gasteiger partial charge in [0.25, 0.3) is 5.56 Å². The number of urea groups is 1. The fourth-order valence-electron chi connectivity index (χ4n) is 0.730. The SMILES string of the molecule is NC(=O)NOC(=O)c1cc(=O)[nH]c(=O)[nH]1. The Bertz CT molecular complexity index is 472. The molecular formula is C6H6N4O5. The van der Waals surface area contributed by atoms with E-state index in [0.29, 0.717) is 0 Å². The molecule has 1 heterocycles. The van der Waals surface area contributed by atoms with E-state index in [1.165, 1.54) is 5.48 Å². The van der Waals surface area contributed by atoms with Crippen LogP contribution in [0, 0.1) is 0 Å². The Labute approximate surface area is 81.2 Å². The van der Waals surface area contributed by atoms with Crippen LogP contribution in [0.2, 0.25) is 0 Å². The Kier molecular flexibility index (Phi) is 2.86. The van der Waals surface area contributed by atoms with Crippen LogP contribution in [0.3, 0.4) is 0 Å². The summed E-state index contributed by atoms with van der Waals surface area (Å²) in [6.45, 7) is 0. The first-order chi connectivity index (χ1) is 6.99. The fraction of sp³-hybridized carbons (Fsp3) is 0. The molecule has 0 bridgehead atoms. The fourth-order valence-corrected chi connectivity index (χ4v) is 0.730. The van der Waals surface area contributed by atoms with Gasteiger partial charge in [0.15, 0.2) is 0 Å². The average molecular weight is 214 g/mol. The quantitative estimate of drug-likeness (QED) is 0.392. The molecule has 0 radical (unpaired) electrons. The van der Waals surface area contributed by atoms with Crippen LogP contribution in [0.15, 0.2) is 15.7 Å². The summed E-state index contributed by atoms with van der Waals surface area (Å²) in [4.78, 5) is 50.6. The van der Waals surface area contributed by atoms with Crippen molar-refractivity contribution >= 4 is 12.0 Å². The average Bonchev–Trinajstić information content (AvgIpc) is 2.12. The molecule has 0 atom stereocenters. The van der Waals surface area contributed by atoms with Gasteiger partial charge in [-0.05, 0) is 0 Å². The lowest BCUT2D eigenvalue weighted by molar-refractivity contribution is 0.0327. The van der Waals surface area contributed by atoms with E-state index in [9.17, 15) is 19.2 Å². The van der Waals surface area contributed by atoms with Crippen LogP contribution in [0.4, 0.5) is 4.79 Å². The molecule has 15 heavy (non-hydrogen) atoms. The van der Waals surface area contributed by atoms with Crippen molar-refractivity contribution in [1.82, 2.24) is 15.4 Å². The molecule has 0 fully saturated rings. The van der Waals surface area contributed by atoms with E-state index < -0.39 is 28.9 Å². The first kappa shape index (κ1) is 10.5. The number of H-pyrrole nitrogens is 2. The van der Waals surface area contributed by atoms with Gasteiger partial charge in [-0.1, -0.05) is 0 Å². The Morgan fingerprint density at radius 2 is 2.00 bits per heavy atom. The van der Waals surface area contributed by atoms with Crippen molar-refractivity contribution in [2.45, 2.75) is 0 Å². The Balaban J connectivity index is 2.87. The molecule has 5 N–H and O–H groups in total. The van der Waals surface area contributed by atoms with E-state index in [2.05, 4.69) is 10.6 Å². The Morgan fingerprint density at radius 3 is 2.53 bits per heavy atom. The lowest BCUT2D eigenvalue weighted by Crippen LogP contribution is -2.33. The highest BCUT2D eigenvalue weighted by atomic mass is 16.7. The standard InChI is InChI=1S/C6H6N4O5/c7-5(13)10-15-4(12)2-1-3(11)9-6(14)8-2/h1H,(H3,7,10,13)(H2,8,9,11,14). The molecule has 2 amide bonds. The van der Waals surface area contributed by atoms with E-state index in [-0.39, 0.29) is 0 Å². The van der Waals surface area contributed by atoms with Crippen LogP contribution < -0.4 is 22.5 Å². The largest absolute Gasteiger partial charge is 0.379 e. The molecular weight excluding hydrogens is 208 g/mol. The zero-order chi connectivity index (χ0) is 11.4. The smallest absolute Gasteiger partial charge is 0.349 e. The normalized spacial score (nSPS) is 9.33. The number of aromatic nitrogens is 2. The van der Waals surface area contributed by atoms with Crippen molar-refractivity contribution in [2.75, 3.05) is 0 Å². The van der Waals surface area contributed by atoms with Crippen LogP contribution in [-0.2, 0) is 4.84 Å². The molecule has 0 aromatic carbocycles. The molecule has 0 unspecified atom stereocenters. The van der Waals surface area contributed by atoms with Gasteiger partial charge in [-0.3, -0.25) is 9.78 Å². The van der Waals surface area contributed by atoms with Gasteiger partial charge in [-0.25, -0.2) is 14.4 Å². The highest BCUT2D eigenvalue weighted by Crippen LogP contribution is 1.88. The molecule has 0 aliphatic carbocycles. The summed E-state index contributed by atoms with van der Waals surface area (Å²) in [6.07, 6.45) is 0. The van der Waals surface area contributed by atoms with E-state index in [0.717, 1.165) is 6.07 Å². The van der Waals surface area contributed by atoms with Crippen molar-refractivity contribution < 1.29 is 14.4 Å². The topological polar surface area (TPSA) is 147 Å². The maximum atomic E-state index is 11.0. The predicted molar refractivity (Wildman–Crippen MR) is 45.8 cm³/mol. The molecule has 9 nitrogen and oxygen atoms in total. The lowest BCUT2D eigenvalue weighted by atomic mass is 10.4. The summed E-state index contributed by atoms with van der Waals surface area (Å²) in [5.41, 5.74) is 4.10. The van der Waals surface area contributed by atoms with Gasteiger partial charge in [-0.2, -0.15) is 5.48 Å². The number of nitrogens with one attached hydrogen (secondary N) is 3. The predicted octanol–water partition coefficient (Wildman–Crippen LogP) is -2.20. The third kappa shape index (κ3) is 2.99. The molecule has 1 aromatic rings. The maximum absolute atomic E-state index is 11.0. The number of hydrogen-bond acceptors (Lipinski definition) is 5. The second kappa shape index (κ2) is 4.09. The Morgan fingerprint density at radius 1 is 1.33 bits per heavy atom. The molecule has 0 saturated heterocycles. The minimum atomic E-state index is -1.11. The van der Waals surface area contributed by atoms with E-state index >= 15 is 0 Å². The molecule has 0 aliphatic rings. The summed E-state index contributed by atoms with van der Waals surface area (Å²) < 4.78 is 0. The van der Waals surface area contributed by atoms with E-state index in [1.54, 1.807) is 0 Å². The van der Waals surface area contributed by atoms with Crippen molar-refractivity contribution in [3.8, 4) is 0 Å². The summed E-state index contributed by atoms with van der Waals surface area (Å²) in [6, 6.07) is -0.289. The van der Waals surface area contributed by atoms with Crippen LogP contribution in [0.25, 0.3) is 0 Å². The van der Waals surface area contributed by atoms with Gasteiger partial charge in [-0.15, -0.1) is 0 Å². The summed E-state index contributed by atoms with van der Waals surface area (Å²) in [7, 11) is 0. The van der Waals surface area contributed by atoms with Crippen molar-refractivity contribution in [3.63, 3.8) is 0 Å². The maximum Gasteiger partial charge on any atom is 0.379 e. The zero-order valence-electron chi connectivity index (χ0n) is 7.20. The van der Waals surface area contributed by atoms with Gasteiger partial charge in [0.1, 0.15) is 5.69 Å². The molecule has 0 aliphatic heterocycles. The van der Waals surface area contributed by atoms with Crippen molar-refractivity contribution in [3.05, 3.63) is 32.6 Å². The number of nitrogens with two attached hydrogens (primary N) is 1. The molecule has 0 spiro atoms. The van der Waals surface area contributed by atoms with Gasteiger partial charge in [0.2, 0.25) is 0 Å². The number of carbonyl (C=O) groups excluding carboxylic acids is 2.